The number of hydrogen-bond acceptors (Lipinski definition) is 6. The fraction of sp³-hybridized carbons (Fsp3) is 0.250. The number of halogens is 1. The number of rotatable bonds is 7. The number of carbonyl (C=O) groups excluding carboxylic acids is 1. The predicted octanol–water partition coefficient (Wildman–Crippen LogP) is 2.70. The summed E-state index contributed by atoms with van der Waals surface area (Å²) in [6, 6.07) is 14.4. The third-order valence-electron chi connectivity index (χ3n) is 5.63. The summed E-state index contributed by atoms with van der Waals surface area (Å²) in [6.45, 7) is 3.95. The number of carbonyl (C=O) groups is 1. The maximum atomic E-state index is 13.0. The van der Waals surface area contributed by atoms with E-state index in [1.54, 1.807) is 6.20 Å². The van der Waals surface area contributed by atoms with Gasteiger partial charge in [-0.25, -0.2) is 17.8 Å². The van der Waals surface area contributed by atoms with Crippen molar-refractivity contribution < 1.29 is 17.6 Å². The zero-order valence-corrected chi connectivity index (χ0v) is 19.6. The highest BCUT2D eigenvalue weighted by atomic mass is 32.2. The van der Waals surface area contributed by atoms with E-state index in [4.69, 9.17) is 0 Å². The molecule has 0 atom stereocenters. The van der Waals surface area contributed by atoms with Gasteiger partial charge in [0.2, 0.25) is 0 Å². The van der Waals surface area contributed by atoms with Gasteiger partial charge in [-0.15, -0.1) is 0 Å². The van der Waals surface area contributed by atoms with Crippen molar-refractivity contribution in [1.82, 2.24) is 15.2 Å². The van der Waals surface area contributed by atoms with Crippen LogP contribution in [0, 0.1) is 5.82 Å². The van der Waals surface area contributed by atoms with Crippen LogP contribution in [-0.4, -0.2) is 57.4 Å². The molecule has 1 aromatic heterocycles. The summed E-state index contributed by atoms with van der Waals surface area (Å²) >= 11 is 0. The number of benzene rings is 2. The van der Waals surface area contributed by atoms with Crippen LogP contribution in [0.25, 0.3) is 0 Å². The first-order valence-electron chi connectivity index (χ1n) is 10.9. The Morgan fingerprint density at radius 1 is 1.00 bits per heavy atom. The van der Waals surface area contributed by atoms with Crippen molar-refractivity contribution in [1.29, 1.82) is 0 Å². The first-order chi connectivity index (χ1) is 16.3. The van der Waals surface area contributed by atoms with Gasteiger partial charge in [-0.2, -0.15) is 0 Å². The van der Waals surface area contributed by atoms with Crippen LogP contribution in [0.1, 0.15) is 15.9 Å². The second-order valence-corrected chi connectivity index (χ2v) is 9.78. The van der Waals surface area contributed by atoms with E-state index in [1.807, 2.05) is 12.1 Å². The Labute approximate surface area is 198 Å². The van der Waals surface area contributed by atoms with Gasteiger partial charge in [0.05, 0.1) is 4.90 Å². The molecule has 2 heterocycles. The molecule has 1 aliphatic rings. The summed E-state index contributed by atoms with van der Waals surface area (Å²) < 4.78 is 40.6. The third-order valence-corrected chi connectivity index (χ3v) is 7.03. The highest BCUT2D eigenvalue weighted by Crippen LogP contribution is 2.20. The Hall–Kier alpha value is -3.50. The average molecular weight is 484 g/mol. The molecular weight excluding hydrogens is 457 g/mol. The summed E-state index contributed by atoms with van der Waals surface area (Å²) in [5.41, 5.74) is 1.50. The molecule has 0 bridgehead atoms. The predicted molar refractivity (Wildman–Crippen MR) is 129 cm³/mol. The lowest BCUT2D eigenvalue weighted by Crippen LogP contribution is -2.45. The van der Waals surface area contributed by atoms with Crippen molar-refractivity contribution in [3.8, 4) is 0 Å². The van der Waals surface area contributed by atoms with E-state index in [1.165, 1.54) is 48.5 Å². The maximum Gasteiger partial charge on any atom is 0.261 e. The number of pyridine rings is 1. The van der Waals surface area contributed by atoms with Crippen molar-refractivity contribution in [2.75, 3.05) is 42.8 Å². The van der Waals surface area contributed by atoms with Crippen molar-refractivity contribution in [2.45, 2.75) is 11.4 Å². The number of aromatic nitrogens is 1. The van der Waals surface area contributed by atoms with Gasteiger partial charge in [-0.3, -0.25) is 9.52 Å². The van der Waals surface area contributed by atoms with E-state index in [9.17, 15) is 17.6 Å². The van der Waals surface area contributed by atoms with Gasteiger partial charge in [-0.1, -0.05) is 6.07 Å². The molecular formula is C24H26FN5O3S. The quantitative estimate of drug-likeness (QED) is 0.537. The number of hydrogen-bond donors (Lipinski definition) is 2. The Morgan fingerprint density at radius 2 is 1.68 bits per heavy atom. The molecule has 2 N–H and O–H groups in total. The minimum Gasteiger partial charge on any atom is -0.354 e. The smallest absolute Gasteiger partial charge is 0.261 e. The van der Waals surface area contributed by atoms with E-state index in [2.05, 4.69) is 31.9 Å². The molecule has 34 heavy (non-hydrogen) atoms. The van der Waals surface area contributed by atoms with Gasteiger partial charge < -0.3 is 15.1 Å². The summed E-state index contributed by atoms with van der Waals surface area (Å²) in [4.78, 5) is 21.7. The minimum atomic E-state index is -3.87. The maximum absolute atomic E-state index is 13.0. The molecule has 4 rings (SSSR count). The number of piperazine rings is 1. The van der Waals surface area contributed by atoms with Crippen LogP contribution >= 0.6 is 0 Å². The van der Waals surface area contributed by atoms with Crippen LogP contribution < -0.4 is 14.9 Å². The lowest BCUT2D eigenvalue weighted by molar-refractivity contribution is 0.0951. The zero-order valence-electron chi connectivity index (χ0n) is 18.7. The summed E-state index contributed by atoms with van der Waals surface area (Å²) in [5, 5.41) is 2.89. The Balaban J connectivity index is 1.40. The monoisotopic (exact) mass is 483 g/mol. The van der Waals surface area contributed by atoms with Crippen molar-refractivity contribution in [2.24, 2.45) is 0 Å². The van der Waals surface area contributed by atoms with Gasteiger partial charge in [0.25, 0.3) is 15.9 Å². The molecule has 0 saturated carbocycles. The van der Waals surface area contributed by atoms with E-state index >= 15 is 0 Å². The van der Waals surface area contributed by atoms with E-state index < -0.39 is 15.8 Å². The molecule has 1 amide bonds. The topological polar surface area (TPSA) is 94.6 Å². The van der Waals surface area contributed by atoms with Gasteiger partial charge in [0, 0.05) is 55.7 Å². The third kappa shape index (κ3) is 5.70. The first kappa shape index (κ1) is 23.7. The molecule has 0 spiro atoms. The van der Waals surface area contributed by atoms with Crippen LogP contribution in [0.15, 0.2) is 71.8 Å². The van der Waals surface area contributed by atoms with Crippen LogP contribution in [-0.2, 0) is 16.6 Å². The van der Waals surface area contributed by atoms with Crippen LogP contribution in [0.5, 0.6) is 0 Å². The van der Waals surface area contributed by atoms with Crippen LogP contribution in [0.3, 0.4) is 0 Å². The van der Waals surface area contributed by atoms with Gasteiger partial charge in [0.1, 0.15) is 11.6 Å². The lowest BCUT2D eigenvalue weighted by atomic mass is 10.2. The minimum absolute atomic E-state index is 0.00186. The van der Waals surface area contributed by atoms with E-state index in [0.29, 0.717) is 12.1 Å². The first-order valence-corrected chi connectivity index (χ1v) is 12.3. The second kappa shape index (κ2) is 10.2. The van der Waals surface area contributed by atoms with Crippen molar-refractivity contribution in [3.05, 3.63) is 83.8 Å². The summed E-state index contributed by atoms with van der Waals surface area (Å²) in [6.07, 6.45) is 1.75. The fourth-order valence-corrected chi connectivity index (χ4v) is 4.72. The normalized spacial score (nSPS) is 14.6. The molecule has 0 aliphatic carbocycles. The highest BCUT2D eigenvalue weighted by molar-refractivity contribution is 7.92. The molecule has 178 valence electrons. The molecule has 10 heteroatoms. The van der Waals surface area contributed by atoms with Crippen molar-refractivity contribution >= 4 is 27.4 Å². The molecule has 3 aromatic rings. The number of sulfonamides is 1. The van der Waals surface area contributed by atoms with Gasteiger partial charge in [-0.05, 0) is 61.6 Å². The summed E-state index contributed by atoms with van der Waals surface area (Å²) in [7, 11) is -1.78. The zero-order chi connectivity index (χ0) is 24.1. The molecule has 2 aromatic carbocycles. The number of likely N-dealkylation sites (N-methyl/N-ethyl adjacent to an activating group) is 1. The Kier molecular flexibility index (Phi) is 7.09. The molecule has 0 unspecified atom stereocenters. The standard InChI is InChI=1S/C24H26FN5O3S/c1-29-13-15-30(16-14-29)23-19(3-2-12-26-23)17-27-24(31)18-4-10-22(11-5-18)34(32,33)28-21-8-6-20(25)7-9-21/h2-12,28H,13-17H2,1H3,(H,27,31). The van der Waals surface area contributed by atoms with E-state index in [0.717, 1.165) is 37.6 Å². The van der Waals surface area contributed by atoms with E-state index in [-0.39, 0.29) is 16.5 Å². The lowest BCUT2D eigenvalue weighted by Gasteiger charge is -2.34. The molecule has 8 nitrogen and oxygen atoms in total. The number of nitrogens with zero attached hydrogens (tertiary/aromatic N) is 3. The van der Waals surface area contributed by atoms with Crippen LogP contribution in [0.2, 0.25) is 0 Å². The average Bonchev–Trinajstić information content (AvgIpc) is 2.85. The van der Waals surface area contributed by atoms with Gasteiger partial charge >= 0.3 is 0 Å². The Morgan fingerprint density at radius 3 is 2.35 bits per heavy atom. The SMILES string of the molecule is CN1CCN(c2ncccc2CNC(=O)c2ccc(S(=O)(=O)Nc3ccc(F)cc3)cc2)CC1. The molecule has 0 radical (unpaired) electrons. The van der Waals surface area contributed by atoms with Crippen LogP contribution in [0.4, 0.5) is 15.9 Å². The van der Waals surface area contributed by atoms with Gasteiger partial charge in [0.15, 0.2) is 0 Å². The molecule has 1 saturated heterocycles. The number of anilines is 2. The largest absolute Gasteiger partial charge is 0.354 e. The molecule has 1 aliphatic heterocycles. The number of nitrogens with one attached hydrogen (secondary N) is 2. The second-order valence-electron chi connectivity index (χ2n) is 8.10. The molecule has 1 fully saturated rings. The fourth-order valence-electron chi connectivity index (χ4n) is 3.67. The Bertz CT molecular complexity index is 1240. The summed E-state index contributed by atoms with van der Waals surface area (Å²) in [5.74, 6) is 0.0908. The number of amides is 1. The highest BCUT2D eigenvalue weighted by Gasteiger charge is 2.19. The van der Waals surface area contributed by atoms with Crippen molar-refractivity contribution in [3.63, 3.8) is 0 Å².